The molecule has 3 nitrogen and oxygen atoms in total. The molecule has 0 radical (unpaired) electrons. The summed E-state index contributed by atoms with van der Waals surface area (Å²) in [5.41, 5.74) is 4.26. The molecule has 108 valence electrons. The Morgan fingerprint density at radius 1 is 1.00 bits per heavy atom. The van der Waals surface area contributed by atoms with Gasteiger partial charge in [0.05, 0.1) is 11.0 Å². The highest BCUT2D eigenvalue weighted by atomic mass is 16.7. The third-order valence-electron chi connectivity index (χ3n) is 3.85. The van der Waals surface area contributed by atoms with E-state index in [-0.39, 0.29) is 0 Å². The van der Waals surface area contributed by atoms with Gasteiger partial charge in [0.2, 0.25) is 0 Å². The molecule has 4 aromatic rings. The highest BCUT2D eigenvalue weighted by molar-refractivity contribution is 5.82. The Bertz CT molecular complexity index is 956. The van der Waals surface area contributed by atoms with Crippen molar-refractivity contribution in [2.75, 3.05) is 0 Å². The van der Waals surface area contributed by atoms with E-state index < -0.39 is 0 Å². The number of nitrogens with zero attached hydrogens (tertiary/aromatic N) is 2. The van der Waals surface area contributed by atoms with Gasteiger partial charge in [-0.2, -0.15) is 4.73 Å². The lowest BCUT2D eigenvalue weighted by atomic mass is 10.1. The molecule has 0 aliphatic carbocycles. The summed E-state index contributed by atoms with van der Waals surface area (Å²) in [7, 11) is 0. The van der Waals surface area contributed by atoms with Crippen molar-refractivity contribution < 1.29 is 4.84 Å². The molecule has 0 atom stereocenters. The molecule has 2 aromatic heterocycles. The summed E-state index contributed by atoms with van der Waals surface area (Å²) in [6.45, 7) is 2.53. The van der Waals surface area contributed by atoms with E-state index in [1.54, 1.807) is 0 Å². The third kappa shape index (κ3) is 2.21. The zero-order valence-electron chi connectivity index (χ0n) is 12.4. The molecule has 0 aliphatic heterocycles. The van der Waals surface area contributed by atoms with Crippen LogP contribution in [0, 0.1) is 6.92 Å². The minimum absolute atomic E-state index is 0.516. The Morgan fingerprint density at radius 2 is 1.82 bits per heavy atom. The molecule has 4 rings (SSSR count). The minimum atomic E-state index is 0.516. The van der Waals surface area contributed by atoms with Gasteiger partial charge >= 0.3 is 0 Å². The van der Waals surface area contributed by atoms with Crippen LogP contribution in [-0.4, -0.2) is 9.71 Å². The quantitative estimate of drug-likeness (QED) is 0.567. The third-order valence-corrected chi connectivity index (χ3v) is 3.85. The second-order valence-corrected chi connectivity index (χ2v) is 5.41. The Hall–Kier alpha value is -2.81. The number of benzene rings is 2. The van der Waals surface area contributed by atoms with Crippen molar-refractivity contribution in [1.82, 2.24) is 9.71 Å². The molecule has 0 saturated heterocycles. The summed E-state index contributed by atoms with van der Waals surface area (Å²) in [6, 6.07) is 20.5. The molecule has 0 amide bonds. The second kappa shape index (κ2) is 5.19. The molecule has 0 unspecified atom stereocenters. The fourth-order valence-electron chi connectivity index (χ4n) is 2.82. The van der Waals surface area contributed by atoms with E-state index in [0.717, 1.165) is 27.7 Å². The van der Waals surface area contributed by atoms with Crippen LogP contribution in [-0.2, 0) is 6.61 Å². The molecule has 2 aromatic carbocycles. The Kier molecular flexibility index (Phi) is 3.04. The molecular weight excluding hydrogens is 272 g/mol. The van der Waals surface area contributed by atoms with Gasteiger partial charge in [-0.15, -0.1) is 0 Å². The largest absolute Gasteiger partial charge is 0.409 e. The smallest absolute Gasteiger partial charge is 0.140 e. The molecule has 0 fully saturated rings. The predicted molar refractivity (Wildman–Crippen MR) is 88.7 cm³/mol. The molecule has 0 spiro atoms. The van der Waals surface area contributed by atoms with Crippen LogP contribution in [0.2, 0.25) is 0 Å². The van der Waals surface area contributed by atoms with E-state index in [9.17, 15) is 0 Å². The van der Waals surface area contributed by atoms with E-state index in [2.05, 4.69) is 35.3 Å². The topological polar surface area (TPSA) is 27.1 Å². The Morgan fingerprint density at radius 3 is 2.77 bits per heavy atom. The van der Waals surface area contributed by atoms with Crippen LogP contribution < -0.4 is 4.84 Å². The van der Waals surface area contributed by atoms with Crippen LogP contribution in [0.25, 0.3) is 21.8 Å². The summed E-state index contributed by atoms with van der Waals surface area (Å²) >= 11 is 0. The van der Waals surface area contributed by atoms with E-state index >= 15 is 0 Å². The van der Waals surface area contributed by atoms with Crippen molar-refractivity contribution in [3.05, 3.63) is 78.1 Å². The van der Waals surface area contributed by atoms with Gasteiger partial charge in [-0.05, 0) is 31.2 Å². The van der Waals surface area contributed by atoms with Crippen molar-refractivity contribution in [1.29, 1.82) is 0 Å². The van der Waals surface area contributed by atoms with Gasteiger partial charge in [-0.1, -0.05) is 36.4 Å². The summed E-state index contributed by atoms with van der Waals surface area (Å²) < 4.78 is 1.83. The first-order chi connectivity index (χ1) is 10.8. The number of hydrogen-bond acceptors (Lipinski definition) is 2. The number of fused-ring (bicyclic) bond motifs is 2. The number of aryl methyl sites for hydroxylation is 1. The SMILES string of the molecule is Cc1cc(COn2ccc3ccccc32)c2ccccc2n1. The van der Waals surface area contributed by atoms with Crippen LogP contribution >= 0.6 is 0 Å². The summed E-state index contributed by atoms with van der Waals surface area (Å²) in [5.74, 6) is 0. The molecular formula is C19H16N2O. The first kappa shape index (κ1) is 12.9. The number of para-hydroxylation sites is 2. The van der Waals surface area contributed by atoms with Crippen LogP contribution in [0.1, 0.15) is 11.3 Å². The lowest BCUT2D eigenvalue weighted by molar-refractivity contribution is 0.108. The van der Waals surface area contributed by atoms with E-state index in [1.165, 1.54) is 5.39 Å². The lowest BCUT2D eigenvalue weighted by Crippen LogP contribution is -2.10. The first-order valence-corrected chi connectivity index (χ1v) is 7.36. The summed E-state index contributed by atoms with van der Waals surface area (Å²) in [6.07, 6.45) is 1.96. The molecule has 3 heteroatoms. The molecule has 22 heavy (non-hydrogen) atoms. The highest BCUT2D eigenvalue weighted by Gasteiger charge is 2.06. The van der Waals surface area contributed by atoms with Gasteiger partial charge in [-0.25, -0.2) is 0 Å². The summed E-state index contributed by atoms with van der Waals surface area (Å²) in [5, 5.41) is 2.32. The van der Waals surface area contributed by atoms with Crippen LogP contribution in [0.15, 0.2) is 66.9 Å². The maximum Gasteiger partial charge on any atom is 0.140 e. The zero-order chi connectivity index (χ0) is 14.9. The van der Waals surface area contributed by atoms with E-state index in [4.69, 9.17) is 4.84 Å². The standard InChI is InChI=1S/C19H16N2O/c1-14-12-16(17-7-3-4-8-18(17)20-14)13-22-21-11-10-15-6-2-5-9-19(15)21/h2-12H,13H2,1H3. The normalized spacial score (nSPS) is 11.1. The maximum absolute atomic E-state index is 6.00. The fraction of sp³-hybridized carbons (Fsp3) is 0.105. The van der Waals surface area contributed by atoms with Gasteiger partial charge in [0, 0.05) is 28.2 Å². The van der Waals surface area contributed by atoms with Crippen LogP contribution in [0.3, 0.4) is 0 Å². The molecule has 2 heterocycles. The average Bonchev–Trinajstić information content (AvgIpc) is 2.96. The Balaban J connectivity index is 1.69. The van der Waals surface area contributed by atoms with Crippen LogP contribution in [0.5, 0.6) is 0 Å². The Labute approximate surface area is 128 Å². The predicted octanol–water partition coefficient (Wildman–Crippen LogP) is 4.13. The fourth-order valence-corrected chi connectivity index (χ4v) is 2.82. The van der Waals surface area contributed by atoms with Crippen molar-refractivity contribution in [3.63, 3.8) is 0 Å². The van der Waals surface area contributed by atoms with Gasteiger partial charge in [0.25, 0.3) is 0 Å². The van der Waals surface area contributed by atoms with Crippen molar-refractivity contribution in [2.45, 2.75) is 13.5 Å². The number of hydrogen-bond donors (Lipinski definition) is 0. The number of rotatable bonds is 3. The molecule has 0 N–H and O–H groups in total. The molecule has 0 aliphatic rings. The molecule has 0 saturated carbocycles. The maximum atomic E-state index is 6.00. The minimum Gasteiger partial charge on any atom is -0.409 e. The lowest BCUT2D eigenvalue weighted by Gasteiger charge is -2.11. The number of pyridine rings is 1. The van der Waals surface area contributed by atoms with Crippen LogP contribution in [0.4, 0.5) is 0 Å². The van der Waals surface area contributed by atoms with Gasteiger partial charge in [0.1, 0.15) is 6.61 Å². The average molecular weight is 288 g/mol. The first-order valence-electron chi connectivity index (χ1n) is 7.36. The van der Waals surface area contributed by atoms with Crippen molar-refractivity contribution in [3.8, 4) is 0 Å². The van der Waals surface area contributed by atoms with Crippen molar-refractivity contribution in [2.24, 2.45) is 0 Å². The number of aromatic nitrogens is 2. The van der Waals surface area contributed by atoms with Gasteiger partial charge in [0.15, 0.2) is 0 Å². The van der Waals surface area contributed by atoms with E-state index in [0.29, 0.717) is 6.61 Å². The highest BCUT2D eigenvalue weighted by Crippen LogP contribution is 2.19. The summed E-state index contributed by atoms with van der Waals surface area (Å²) in [4.78, 5) is 10.6. The molecule has 0 bridgehead atoms. The van der Waals surface area contributed by atoms with E-state index in [1.807, 2.05) is 48.2 Å². The second-order valence-electron chi connectivity index (χ2n) is 5.41. The van der Waals surface area contributed by atoms with Crippen molar-refractivity contribution >= 4 is 21.8 Å². The zero-order valence-corrected chi connectivity index (χ0v) is 12.4. The monoisotopic (exact) mass is 288 g/mol. The van der Waals surface area contributed by atoms with Gasteiger partial charge in [-0.3, -0.25) is 4.98 Å². The van der Waals surface area contributed by atoms with Gasteiger partial charge < -0.3 is 4.84 Å².